The molecule has 3 aromatic rings. The van der Waals surface area contributed by atoms with Crippen molar-refractivity contribution < 1.29 is 9.53 Å². The van der Waals surface area contributed by atoms with Gasteiger partial charge in [0.25, 0.3) is 0 Å². The summed E-state index contributed by atoms with van der Waals surface area (Å²) < 4.78 is 5.19. The molecule has 1 saturated heterocycles. The van der Waals surface area contributed by atoms with Gasteiger partial charge in [-0.1, -0.05) is 0 Å². The second-order valence-corrected chi connectivity index (χ2v) is 9.00. The summed E-state index contributed by atoms with van der Waals surface area (Å²) in [7, 11) is 1.72. The average molecular weight is 433 g/mol. The van der Waals surface area contributed by atoms with E-state index in [1.165, 1.54) is 0 Å². The number of methoxy groups -OCH3 is 1. The van der Waals surface area contributed by atoms with Gasteiger partial charge >= 0.3 is 0 Å². The Bertz CT molecular complexity index is 1180. The maximum Gasteiger partial charge on any atom is 0.229 e. The van der Waals surface area contributed by atoms with Crippen LogP contribution in [0.25, 0.3) is 22.0 Å². The maximum absolute atomic E-state index is 13.0. The zero-order chi connectivity index (χ0) is 22.3. The van der Waals surface area contributed by atoms with Crippen LogP contribution in [0.5, 0.6) is 0 Å². The predicted molar refractivity (Wildman–Crippen MR) is 124 cm³/mol. The van der Waals surface area contributed by atoms with Crippen LogP contribution in [-0.4, -0.2) is 59.1 Å². The highest BCUT2D eigenvalue weighted by molar-refractivity contribution is 5.98. The number of anilines is 2. The SMILES string of the molecule is COCCN1CC[C@]2(C[C@H]2C(=O)Nc2cc3cc(-c4cnccc4C)nc(N)c3cn2)C1. The lowest BCUT2D eigenvalue weighted by Gasteiger charge is -2.15. The summed E-state index contributed by atoms with van der Waals surface area (Å²) in [6.07, 6.45) is 7.23. The third kappa shape index (κ3) is 3.80. The van der Waals surface area contributed by atoms with E-state index in [0.29, 0.717) is 11.6 Å². The Morgan fingerprint density at radius 1 is 1.38 bits per heavy atom. The number of likely N-dealkylation sites (tertiary alicyclic amines) is 1. The molecule has 1 spiro atoms. The van der Waals surface area contributed by atoms with E-state index in [1.807, 2.05) is 25.1 Å². The summed E-state index contributed by atoms with van der Waals surface area (Å²) in [6, 6.07) is 5.78. The van der Waals surface area contributed by atoms with E-state index in [-0.39, 0.29) is 17.2 Å². The fourth-order valence-electron chi connectivity index (χ4n) is 4.89. The molecule has 1 amide bonds. The maximum atomic E-state index is 13.0. The van der Waals surface area contributed by atoms with Crippen LogP contribution in [0.4, 0.5) is 11.6 Å². The highest BCUT2D eigenvalue weighted by atomic mass is 16.5. The van der Waals surface area contributed by atoms with Crippen LogP contribution in [-0.2, 0) is 9.53 Å². The molecule has 3 N–H and O–H groups in total. The molecule has 0 unspecified atom stereocenters. The van der Waals surface area contributed by atoms with Gasteiger partial charge in [-0.2, -0.15) is 0 Å². The van der Waals surface area contributed by atoms with Crippen molar-refractivity contribution in [3.63, 3.8) is 0 Å². The molecule has 8 nitrogen and oxygen atoms in total. The van der Waals surface area contributed by atoms with Gasteiger partial charge in [0.1, 0.15) is 11.6 Å². The number of nitrogens with one attached hydrogen (secondary N) is 1. The number of aryl methyl sites for hydroxylation is 1. The average Bonchev–Trinajstić information content (AvgIpc) is 3.34. The Balaban J connectivity index is 1.33. The van der Waals surface area contributed by atoms with Gasteiger partial charge in [-0.25, -0.2) is 9.97 Å². The number of aromatic nitrogens is 3. The van der Waals surface area contributed by atoms with E-state index in [9.17, 15) is 4.79 Å². The first kappa shape index (κ1) is 20.8. The Kier molecular flexibility index (Phi) is 5.27. The standard InChI is InChI=1S/C24H28N6O2/c1-15-3-5-26-12-17(15)20-9-16-10-21(27-13-18(16)22(25)28-20)29-23(31)19-11-24(19)4-6-30(14-24)7-8-32-2/h3,5,9-10,12-13,19H,4,6-8,11,14H2,1-2H3,(H2,25,28)(H,27,29,31)/t19-,24-/m0/s1. The van der Waals surface area contributed by atoms with Crippen LogP contribution in [0, 0.1) is 18.3 Å². The van der Waals surface area contributed by atoms with Crippen molar-refractivity contribution in [2.24, 2.45) is 11.3 Å². The summed E-state index contributed by atoms with van der Waals surface area (Å²) >= 11 is 0. The van der Waals surface area contributed by atoms with E-state index in [1.54, 1.807) is 25.7 Å². The molecular formula is C24H28N6O2. The monoisotopic (exact) mass is 432 g/mol. The van der Waals surface area contributed by atoms with Gasteiger partial charge in [0.15, 0.2) is 0 Å². The van der Waals surface area contributed by atoms with Crippen molar-refractivity contribution in [2.45, 2.75) is 19.8 Å². The van der Waals surface area contributed by atoms with Gasteiger partial charge in [-0.3, -0.25) is 9.78 Å². The summed E-state index contributed by atoms with van der Waals surface area (Å²) in [6.45, 7) is 5.67. The molecule has 8 heteroatoms. The molecule has 2 aliphatic rings. The lowest BCUT2D eigenvalue weighted by atomic mass is 10.0. The zero-order valence-corrected chi connectivity index (χ0v) is 18.5. The third-order valence-corrected chi connectivity index (χ3v) is 6.89. The van der Waals surface area contributed by atoms with Crippen LogP contribution >= 0.6 is 0 Å². The molecule has 3 aromatic heterocycles. The molecule has 2 fully saturated rings. The van der Waals surface area contributed by atoms with E-state index < -0.39 is 0 Å². The highest BCUT2D eigenvalue weighted by Crippen LogP contribution is 2.58. The third-order valence-electron chi connectivity index (χ3n) is 6.89. The van der Waals surface area contributed by atoms with Crippen LogP contribution in [0.3, 0.4) is 0 Å². The van der Waals surface area contributed by atoms with Gasteiger partial charge in [-0.05, 0) is 60.9 Å². The molecule has 0 bridgehead atoms. The normalized spacial score (nSPS) is 22.5. The molecule has 1 aliphatic carbocycles. The van der Waals surface area contributed by atoms with Crippen LogP contribution in [0.1, 0.15) is 18.4 Å². The lowest BCUT2D eigenvalue weighted by Crippen LogP contribution is -2.26. The number of carbonyl (C=O) groups excluding carboxylic acids is 1. The number of nitrogens with two attached hydrogens (primary N) is 1. The van der Waals surface area contributed by atoms with Crippen molar-refractivity contribution in [1.82, 2.24) is 19.9 Å². The second-order valence-electron chi connectivity index (χ2n) is 9.00. The minimum atomic E-state index is 0.0451. The molecule has 1 aliphatic heterocycles. The van der Waals surface area contributed by atoms with E-state index in [0.717, 1.165) is 66.7 Å². The van der Waals surface area contributed by atoms with Crippen molar-refractivity contribution in [2.75, 3.05) is 44.4 Å². The molecule has 32 heavy (non-hydrogen) atoms. The predicted octanol–water partition coefficient (Wildman–Crippen LogP) is 2.88. The van der Waals surface area contributed by atoms with Crippen molar-refractivity contribution in [3.05, 3.63) is 42.4 Å². The van der Waals surface area contributed by atoms with E-state index in [2.05, 4.69) is 25.2 Å². The molecule has 2 atom stereocenters. The van der Waals surface area contributed by atoms with Crippen LogP contribution in [0.15, 0.2) is 36.8 Å². The Morgan fingerprint density at radius 3 is 3.06 bits per heavy atom. The fourth-order valence-corrected chi connectivity index (χ4v) is 4.89. The second kappa shape index (κ2) is 8.11. The Morgan fingerprint density at radius 2 is 2.25 bits per heavy atom. The number of hydrogen-bond donors (Lipinski definition) is 2. The molecule has 1 saturated carbocycles. The molecule has 0 aromatic carbocycles. The van der Waals surface area contributed by atoms with Gasteiger partial charge in [0.2, 0.25) is 5.91 Å². The Labute approximate surface area is 187 Å². The number of carbonyl (C=O) groups is 1. The number of nitrogen functional groups attached to an aromatic ring is 1. The molecule has 4 heterocycles. The number of hydrogen-bond acceptors (Lipinski definition) is 7. The number of amides is 1. The smallest absolute Gasteiger partial charge is 0.229 e. The largest absolute Gasteiger partial charge is 0.383 e. The summed E-state index contributed by atoms with van der Waals surface area (Å²) in [5.74, 6) is 1.05. The van der Waals surface area contributed by atoms with Gasteiger partial charge in [0.05, 0.1) is 12.3 Å². The van der Waals surface area contributed by atoms with E-state index >= 15 is 0 Å². The summed E-state index contributed by atoms with van der Waals surface area (Å²) in [5, 5.41) is 4.68. The first-order chi connectivity index (χ1) is 15.5. The molecule has 5 rings (SSSR count). The topological polar surface area (TPSA) is 106 Å². The molecule has 0 radical (unpaired) electrons. The minimum absolute atomic E-state index is 0.0451. The summed E-state index contributed by atoms with van der Waals surface area (Å²) in [4.78, 5) is 28.5. The zero-order valence-electron chi connectivity index (χ0n) is 18.5. The van der Waals surface area contributed by atoms with Gasteiger partial charge < -0.3 is 20.7 Å². The number of nitrogens with zero attached hydrogens (tertiary/aromatic N) is 4. The number of pyridine rings is 3. The van der Waals surface area contributed by atoms with Crippen molar-refractivity contribution >= 4 is 28.3 Å². The fraction of sp³-hybridized carbons (Fsp3) is 0.417. The first-order valence-electron chi connectivity index (χ1n) is 11.0. The first-order valence-corrected chi connectivity index (χ1v) is 11.0. The number of fused-ring (bicyclic) bond motifs is 1. The van der Waals surface area contributed by atoms with Gasteiger partial charge in [0, 0.05) is 55.7 Å². The lowest BCUT2D eigenvalue weighted by molar-refractivity contribution is -0.118. The highest BCUT2D eigenvalue weighted by Gasteiger charge is 2.60. The van der Waals surface area contributed by atoms with Gasteiger partial charge in [-0.15, -0.1) is 0 Å². The Hall–Kier alpha value is -3.10. The van der Waals surface area contributed by atoms with Crippen molar-refractivity contribution in [3.8, 4) is 11.3 Å². The molecular weight excluding hydrogens is 404 g/mol. The minimum Gasteiger partial charge on any atom is -0.383 e. The van der Waals surface area contributed by atoms with Crippen LogP contribution in [0.2, 0.25) is 0 Å². The summed E-state index contributed by atoms with van der Waals surface area (Å²) in [5.41, 5.74) is 9.09. The van der Waals surface area contributed by atoms with Crippen LogP contribution < -0.4 is 11.1 Å². The van der Waals surface area contributed by atoms with Crippen molar-refractivity contribution in [1.29, 1.82) is 0 Å². The van der Waals surface area contributed by atoms with E-state index in [4.69, 9.17) is 10.5 Å². The number of rotatable bonds is 6. The quantitative estimate of drug-likeness (QED) is 0.617. The molecule has 166 valence electrons. The number of ether oxygens (including phenoxy) is 1.